The van der Waals surface area contributed by atoms with Crippen molar-refractivity contribution in [3.8, 4) is 5.75 Å². The van der Waals surface area contributed by atoms with E-state index in [9.17, 15) is 8.42 Å². The molecule has 0 radical (unpaired) electrons. The summed E-state index contributed by atoms with van der Waals surface area (Å²) >= 11 is 3.42. The van der Waals surface area contributed by atoms with E-state index in [2.05, 4.69) is 15.9 Å². The third-order valence-corrected chi connectivity index (χ3v) is 6.47. The molecule has 0 aromatic heterocycles. The van der Waals surface area contributed by atoms with E-state index in [1.54, 1.807) is 7.11 Å². The van der Waals surface area contributed by atoms with Crippen LogP contribution in [0.15, 0.2) is 22.7 Å². The van der Waals surface area contributed by atoms with E-state index in [4.69, 9.17) is 10.5 Å². The Morgan fingerprint density at radius 2 is 2.10 bits per heavy atom. The second kappa shape index (κ2) is 6.67. The number of hydrogen-bond donors (Lipinski definition) is 1. The predicted octanol–water partition coefficient (Wildman–Crippen LogP) is 3.06. The van der Waals surface area contributed by atoms with Gasteiger partial charge in [-0.3, -0.25) is 0 Å². The van der Waals surface area contributed by atoms with Crippen molar-refractivity contribution in [3.63, 3.8) is 0 Å². The van der Waals surface area contributed by atoms with E-state index < -0.39 is 9.84 Å². The molecule has 1 saturated carbocycles. The van der Waals surface area contributed by atoms with Gasteiger partial charge in [0.15, 0.2) is 0 Å². The van der Waals surface area contributed by atoms with Crippen molar-refractivity contribution in [2.24, 2.45) is 11.7 Å². The maximum absolute atomic E-state index is 11.8. The maximum Gasteiger partial charge on any atom is 0.150 e. The molecule has 1 aromatic carbocycles. The second-order valence-corrected chi connectivity index (χ2v) is 9.03. The van der Waals surface area contributed by atoms with E-state index in [1.807, 2.05) is 18.2 Å². The highest BCUT2D eigenvalue weighted by Crippen LogP contribution is 2.39. The van der Waals surface area contributed by atoms with Crippen molar-refractivity contribution in [3.05, 3.63) is 28.2 Å². The third-order valence-electron chi connectivity index (χ3n) is 4.33. The summed E-state index contributed by atoms with van der Waals surface area (Å²) in [5, 5.41) is -0.260. The first kappa shape index (κ1) is 16.8. The van der Waals surface area contributed by atoms with Gasteiger partial charge in [-0.2, -0.15) is 0 Å². The highest BCUT2D eigenvalue weighted by Gasteiger charge is 2.33. The van der Waals surface area contributed by atoms with Crippen molar-refractivity contribution in [2.45, 2.75) is 37.0 Å². The summed E-state index contributed by atoms with van der Waals surface area (Å²) in [7, 11) is -1.37. The molecule has 21 heavy (non-hydrogen) atoms. The molecule has 1 aliphatic carbocycles. The topological polar surface area (TPSA) is 69.4 Å². The molecule has 3 unspecified atom stereocenters. The lowest BCUT2D eigenvalue weighted by atomic mass is 9.81. The van der Waals surface area contributed by atoms with Crippen LogP contribution in [0.3, 0.4) is 0 Å². The Balaban J connectivity index is 2.21. The van der Waals surface area contributed by atoms with Crippen molar-refractivity contribution >= 4 is 25.8 Å². The Morgan fingerprint density at radius 3 is 2.71 bits per heavy atom. The largest absolute Gasteiger partial charge is 0.496 e. The molecule has 118 valence electrons. The van der Waals surface area contributed by atoms with Crippen LogP contribution in [-0.4, -0.2) is 27.0 Å². The smallest absolute Gasteiger partial charge is 0.150 e. The molecular weight excluding hydrogens is 354 g/mol. The van der Waals surface area contributed by atoms with Gasteiger partial charge in [0.25, 0.3) is 0 Å². The van der Waals surface area contributed by atoms with Crippen molar-refractivity contribution in [1.82, 2.24) is 0 Å². The first-order valence-electron chi connectivity index (χ1n) is 7.11. The summed E-state index contributed by atoms with van der Waals surface area (Å²) in [6.07, 6.45) is 4.59. The number of ether oxygens (including phenoxy) is 1. The number of sulfone groups is 1. The molecular formula is C15H22BrNO3S. The van der Waals surface area contributed by atoms with Crippen LogP contribution in [-0.2, 0) is 9.84 Å². The van der Waals surface area contributed by atoms with Gasteiger partial charge in [0, 0.05) is 22.3 Å². The minimum absolute atomic E-state index is 0.175. The van der Waals surface area contributed by atoms with E-state index in [1.165, 1.54) is 6.26 Å². The number of rotatable bonds is 4. The quantitative estimate of drug-likeness (QED) is 0.877. The summed E-state index contributed by atoms with van der Waals surface area (Å²) in [5.41, 5.74) is 7.36. The van der Waals surface area contributed by atoms with Crippen molar-refractivity contribution < 1.29 is 13.2 Å². The monoisotopic (exact) mass is 375 g/mol. The summed E-state index contributed by atoms with van der Waals surface area (Å²) in [4.78, 5) is 0. The third kappa shape index (κ3) is 3.99. The lowest BCUT2D eigenvalue weighted by Gasteiger charge is -2.32. The minimum atomic E-state index is -2.99. The standard InChI is InChI=1S/C15H22BrNO3S/c1-20-14-9-11(16)6-7-13(14)15(17)10-4-3-5-12(8-10)21(2,18)19/h6-7,9-10,12,15H,3-5,8,17H2,1-2H3. The van der Waals surface area contributed by atoms with Gasteiger partial charge in [-0.1, -0.05) is 28.4 Å². The van der Waals surface area contributed by atoms with Gasteiger partial charge >= 0.3 is 0 Å². The molecule has 0 spiro atoms. The highest BCUT2D eigenvalue weighted by atomic mass is 79.9. The number of methoxy groups -OCH3 is 1. The summed E-state index contributed by atoms with van der Waals surface area (Å²) in [6, 6.07) is 5.59. The number of benzene rings is 1. The zero-order valence-corrected chi connectivity index (χ0v) is 14.8. The molecule has 2 N–H and O–H groups in total. The molecule has 3 atom stereocenters. The molecule has 0 saturated heterocycles. The van der Waals surface area contributed by atoms with Crippen LogP contribution < -0.4 is 10.5 Å². The van der Waals surface area contributed by atoms with Crippen LogP contribution in [0.25, 0.3) is 0 Å². The maximum atomic E-state index is 11.8. The number of hydrogen-bond acceptors (Lipinski definition) is 4. The average Bonchev–Trinajstić information content (AvgIpc) is 2.45. The average molecular weight is 376 g/mol. The molecule has 1 fully saturated rings. The Hall–Kier alpha value is -0.590. The summed E-state index contributed by atoms with van der Waals surface area (Å²) in [5.74, 6) is 0.923. The van der Waals surface area contributed by atoms with Crippen LogP contribution >= 0.6 is 15.9 Å². The SMILES string of the molecule is COc1cc(Br)ccc1C(N)C1CCCC(S(C)(=O)=O)C1. The fraction of sp³-hybridized carbons (Fsp3) is 0.600. The number of nitrogens with two attached hydrogens (primary N) is 1. The van der Waals surface area contributed by atoms with Gasteiger partial charge in [-0.05, 0) is 37.3 Å². The van der Waals surface area contributed by atoms with E-state index in [-0.39, 0.29) is 17.2 Å². The van der Waals surface area contributed by atoms with Gasteiger partial charge in [0.1, 0.15) is 15.6 Å². The lowest BCUT2D eigenvalue weighted by molar-refractivity contribution is 0.302. The van der Waals surface area contributed by atoms with Gasteiger partial charge in [0.2, 0.25) is 0 Å². The second-order valence-electron chi connectivity index (χ2n) is 5.79. The first-order chi connectivity index (χ1) is 9.82. The van der Waals surface area contributed by atoms with Crippen LogP contribution in [0.4, 0.5) is 0 Å². The van der Waals surface area contributed by atoms with Crippen LogP contribution in [0.5, 0.6) is 5.75 Å². The molecule has 1 aromatic rings. The lowest BCUT2D eigenvalue weighted by Crippen LogP contribution is -2.33. The molecule has 1 aliphatic rings. The van der Waals surface area contributed by atoms with Gasteiger partial charge < -0.3 is 10.5 Å². The van der Waals surface area contributed by atoms with Crippen molar-refractivity contribution in [1.29, 1.82) is 0 Å². The van der Waals surface area contributed by atoms with Gasteiger partial charge in [0.05, 0.1) is 12.4 Å². The highest BCUT2D eigenvalue weighted by molar-refractivity contribution is 9.10. The predicted molar refractivity (Wildman–Crippen MR) is 88.2 cm³/mol. The van der Waals surface area contributed by atoms with Crippen LogP contribution in [0.2, 0.25) is 0 Å². The first-order valence-corrected chi connectivity index (χ1v) is 9.85. The van der Waals surface area contributed by atoms with Crippen molar-refractivity contribution in [2.75, 3.05) is 13.4 Å². The molecule has 6 heteroatoms. The summed E-state index contributed by atoms with van der Waals surface area (Å²) < 4.78 is 29.9. The zero-order valence-electron chi connectivity index (χ0n) is 12.4. The molecule has 4 nitrogen and oxygen atoms in total. The Bertz CT molecular complexity index is 603. The molecule has 2 rings (SSSR count). The molecule has 0 heterocycles. The fourth-order valence-corrected chi connectivity index (χ4v) is 4.64. The minimum Gasteiger partial charge on any atom is -0.496 e. The molecule has 0 aliphatic heterocycles. The summed E-state index contributed by atoms with van der Waals surface area (Å²) in [6.45, 7) is 0. The molecule has 0 amide bonds. The molecule has 0 bridgehead atoms. The van der Waals surface area contributed by atoms with Gasteiger partial charge in [-0.15, -0.1) is 0 Å². The zero-order chi connectivity index (χ0) is 15.6. The van der Waals surface area contributed by atoms with E-state index in [0.717, 1.165) is 35.0 Å². The number of halogens is 1. The van der Waals surface area contributed by atoms with E-state index >= 15 is 0 Å². The normalized spacial score (nSPS) is 24.6. The Morgan fingerprint density at radius 1 is 1.38 bits per heavy atom. The van der Waals surface area contributed by atoms with Crippen LogP contribution in [0.1, 0.15) is 37.3 Å². The van der Waals surface area contributed by atoms with Crippen LogP contribution in [0, 0.1) is 5.92 Å². The Labute approximate surface area is 135 Å². The Kier molecular flexibility index (Phi) is 5.33. The van der Waals surface area contributed by atoms with Gasteiger partial charge in [-0.25, -0.2) is 8.42 Å². The van der Waals surface area contributed by atoms with E-state index in [0.29, 0.717) is 6.42 Å². The fourth-order valence-electron chi connectivity index (χ4n) is 3.11.